The molecule has 7 nitrogen and oxygen atoms in total. The third-order valence-electron chi connectivity index (χ3n) is 3.06. The maximum absolute atomic E-state index is 11.0. The third kappa shape index (κ3) is 3.10. The number of H-pyrrole nitrogens is 1. The van der Waals surface area contributed by atoms with Crippen molar-refractivity contribution in [1.29, 1.82) is 0 Å². The van der Waals surface area contributed by atoms with Gasteiger partial charge in [0.05, 0.1) is 11.9 Å². The Morgan fingerprint density at radius 2 is 2.15 bits per heavy atom. The van der Waals surface area contributed by atoms with Crippen LogP contribution in [0.15, 0.2) is 0 Å². The first kappa shape index (κ1) is 15.2. The zero-order chi connectivity index (χ0) is 14.9. The first-order chi connectivity index (χ1) is 9.33. The van der Waals surface area contributed by atoms with Crippen molar-refractivity contribution in [1.82, 2.24) is 24.1 Å². The summed E-state index contributed by atoms with van der Waals surface area (Å²) in [5, 5.41) is 4.44. The highest BCUT2D eigenvalue weighted by Gasteiger charge is 2.13. The minimum Gasteiger partial charge on any atom is -0.328 e. The van der Waals surface area contributed by atoms with E-state index >= 15 is 0 Å². The maximum atomic E-state index is 11.0. The van der Waals surface area contributed by atoms with Gasteiger partial charge in [0, 0.05) is 19.6 Å². The molecule has 0 aliphatic heterocycles. The smallest absolute Gasteiger partial charge is 0.208 e. The fourth-order valence-corrected chi connectivity index (χ4v) is 2.98. The second-order valence-corrected chi connectivity index (χ2v) is 6.92. The van der Waals surface area contributed by atoms with Gasteiger partial charge in [0.2, 0.25) is 10.0 Å². The molecule has 20 heavy (non-hydrogen) atoms. The Hall–Kier alpha value is -1.19. The van der Waals surface area contributed by atoms with Gasteiger partial charge in [-0.05, 0) is 32.5 Å². The number of aromatic amines is 1. The van der Waals surface area contributed by atoms with Crippen LogP contribution in [0.25, 0.3) is 11.2 Å². The van der Waals surface area contributed by atoms with Gasteiger partial charge in [-0.15, -0.1) is 0 Å². The van der Waals surface area contributed by atoms with Crippen LogP contribution in [0.5, 0.6) is 0 Å². The molecule has 0 unspecified atom stereocenters. The molecule has 0 aromatic carbocycles. The molecule has 0 saturated heterocycles. The predicted molar refractivity (Wildman–Crippen MR) is 80.8 cm³/mol. The molecular formula is C11H19N5O2S2. The Labute approximate surface area is 123 Å². The summed E-state index contributed by atoms with van der Waals surface area (Å²) in [6.45, 7) is 5.77. The van der Waals surface area contributed by atoms with Crippen molar-refractivity contribution >= 4 is 33.4 Å². The zero-order valence-corrected chi connectivity index (χ0v) is 13.4. The molecule has 0 bridgehead atoms. The minimum atomic E-state index is -3.14. The molecule has 0 aliphatic rings. The van der Waals surface area contributed by atoms with Gasteiger partial charge in [0.1, 0.15) is 5.52 Å². The fraction of sp³-hybridized carbons (Fsp3) is 0.636. The van der Waals surface area contributed by atoms with Crippen LogP contribution < -0.4 is 4.72 Å². The summed E-state index contributed by atoms with van der Waals surface area (Å²) >= 11 is 5.32. The van der Waals surface area contributed by atoms with Gasteiger partial charge in [-0.2, -0.15) is 5.10 Å². The molecule has 0 saturated carbocycles. The van der Waals surface area contributed by atoms with E-state index in [2.05, 4.69) is 14.8 Å². The summed E-state index contributed by atoms with van der Waals surface area (Å²) in [4.78, 5) is 3.16. The van der Waals surface area contributed by atoms with Crippen LogP contribution in [0.4, 0.5) is 0 Å². The molecular weight excluding hydrogens is 298 g/mol. The van der Waals surface area contributed by atoms with Gasteiger partial charge < -0.3 is 9.55 Å². The number of imidazole rings is 1. The Morgan fingerprint density at radius 3 is 2.75 bits per heavy atom. The number of sulfonamides is 1. The molecule has 2 rings (SSSR count). The summed E-state index contributed by atoms with van der Waals surface area (Å²) in [5.41, 5.74) is 2.84. The van der Waals surface area contributed by atoms with Gasteiger partial charge in [0.25, 0.3) is 0 Å². The molecule has 2 N–H and O–H groups in total. The first-order valence-electron chi connectivity index (χ1n) is 6.44. The lowest BCUT2D eigenvalue weighted by Gasteiger charge is -2.06. The standard InChI is InChI=1S/C11H19N5O2S2/c1-4-16-10-9(8(2)14-16)13-11(19)15(10)7-5-6-12-20(3,17)18/h12H,4-7H2,1-3H3,(H,13,19). The quantitative estimate of drug-likeness (QED) is 0.618. The van der Waals surface area contributed by atoms with Gasteiger partial charge >= 0.3 is 0 Å². The van der Waals surface area contributed by atoms with Crippen LogP contribution in [0, 0.1) is 11.7 Å². The van der Waals surface area contributed by atoms with E-state index in [1.54, 1.807) is 0 Å². The van der Waals surface area contributed by atoms with Crippen molar-refractivity contribution in [3.8, 4) is 0 Å². The Balaban J connectivity index is 2.21. The van der Waals surface area contributed by atoms with Gasteiger partial charge in [-0.3, -0.25) is 0 Å². The largest absolute Gasteiger partial charge is 0.328 e. The predicted octanol–water partition coefficient (Wildman–Crippen LogP) is 1.16. The highest BCUT2D eigenvalue weighted by molar-refractivity contribution is 7.88. The lowest BCUT2D eigenvalue weighted by atomic mass is 10.4. The number of aromatic nitrogens is 4. The Kier molecular flexibility index (Phi) is 4.31. The number of rotatable bonds is 6. The molecule has 0 radical (unpaired) electrons. The summed E-state index contributed by atoms with van der Waals surface area (Å²) in [5.74, 6) is 0. The van der Waals surface area contributed by atoms with Crippen molar-refractivity contribution in [2.75, 3.05) is 12.8 Å². The number of hydrogen-bond acceptors (Lipinski definition) is 4. The van der Waals surface area contributed by atoms with Crippen molar-refractivity contribution in [2.24, 2.45) is 0 Å². The second kappa shape index (κ2) is 5.66. The van der Waals surface area contributed by atoms with E-state index in [1.165, 1.54) is 0 Å². The Morgan fingerprint density at radius 1 is 1.45 bits per heavy atom. The number of nitrogens with zero attached hydrogens (tertiary/aromatic N) is 3. The van der Waals surface area contributed by atoms with Crippen LogP contribution >= 0.6 is 12.2 Å². The summed E-state index contributed by atoms with van der Waals surface area (Å²) in [6.07, 6.45) is 1.82. The Bertz CT molecular complexity index is 769. The first-order valence-corrected chi connectivity index (χ1v) is 8.74. The lowest BCUT2D eigenvalue weighted by Crippen LogP contribution is -2.24. The summed E-state index contributed by atoms with van der Waals surface area (Å²) in [7, 11) is -3.14. The number of fused-ring (bicyclic) bond motifs is 1. The van der Waals surface area contributed by atoms with Crippen molar-refractivity contribution in [3.63, 3.8) is 0 Å². The topological polar surface area (TPSA) is 84.7 Å². The summed E-state index contributed by atoms with van der Waals surface area (Å²) in [6, 6.07) is 0. The molecule has 2 heterocycles. The van der Waals surface area contributed by atoms with Crippen LogP contribution in [0.2, 0.25) is 0 Å². The lowest BCUT2D eigenvalue weighted by molar-refractivity contribution is 0.570. The summed E-state index contributed by atoms with van der Waals surface area (Å²) < 4.78 is 29.0. The normalized spacial score (nSPS) is 12.3. The molecule has 2 aromatic heterocycles. The third-order valence-corrected chi connectivity index (χ3v) is 4.11. The number of aryl methyl sites for hydroxylation is 3. The molecule has 0 amide bonds. The van der Waals surface area contributed by atoms with E-state index < -0.39 is 10.0 Å². The van der Waals surface area contributed by atoms with Crippen molar-refractivity contribution < 1.29 is 8.42 Å². The van der Waals surface area contributed by atoms with E-state index in [0.29, 0.717) is 24.3 Å². The SMILES string of the molecule is CCn1nc(C)c2[nH]c(=S)n(CCCNS(C)(=O)=O)c21. The number of nitrogens with one attached hydrogen (secondary N) is 2. The van der Waals surface area contributed by atoms with Crippen LogP contribution in [-0.2, 0) is 23.1 Å². The van der Waals surface area contributed by atoms with E-state index in [4.69, 9.17) is 12.2 Å². The van der Waals surface area contributed by atoms with E-state index in [1.807, 2.05) is 23.1 Å². The zero-order valence-electron chi connectivity index (χ0n) is 11.8. The molecule has 0 aliphatic carbocycles. The molecule has 112 valence electrons. The fourth-order valence-electron chi connectivity index (χ4n) is 2.18. The number of hydrogen-bond donors (Lipinski definition) is 2. The van der Waals surface area contributed by atoms with Gasteiger partial charge in [0.15, 0.2) is 10.4 Å². The molecule has 0 atom stereocenters. The molecule has 2 aromatic rings. The highest BCUT2D eigenvalue weighted by atomic mass is 32.2. The average molecular weight is 317 g/mol. The van der Waals surface area contributed by atoms with Gasteiger partial charge in [-0.1, -0.05) is 0 Å². The average Bonchev–Trinajstić information content (AvgIpc) is 2.82. The van der Waals surface area contributed by atoms with Gasteiger partial charge in [-0.25, -0.2) is 17.8 Å². The van der Waals surface area contributed by atoms with Crippen LogP contribution in [-0.4, -0.2) is 40.5 Å². The maximum Gasteiger partial charge on any atom is 0.208 e. The van der Waals surface area contributed by atoms with Crippen molar-refractivity contribution in [2.45, 2.75) is 33.4 Å². The molecule has 9 heteroatoms. The highest BCUT2D eigenvalue weighted by Crippen LogP contribution is 2.18. The molecule has 0 spiro atoms. The van der Waals surface area contributed by atoms with E-state index in [-0.39, 0.29) is 0 Å². The molecule has 0 fully saturated rings. The minimum absolute atomic E-state index is 0.395. The van der Waals surface area contributed by atoms with Crippen LogP contribution in [0.3, 0.4) is 0 Å². The van der Waals surface area contributed by atoms with E-state index in [9.17, 15) is 8.42 Å². The monoisotopic (exact) mass is 317 g/mol. The second-order valence-electron chi connectivity index (χ2n) is 4.70. The van der Waals surface area contributed by atoms with E-state index in [0.717, 1.165) is 29.7 Å². The van der Waals surface area contributed by atoms with Crippen molar-refractivity contribution in [3.05, 3.63) is 10.5 Å². The van der Waals surface area contributed by atoms with Crippen LogP contribution in [0.1, 0.15) is 19.0 Å².